The van der Waals surface area contributed by atoms with Crippen LogP contribution in [0.3, 0.4) is 0 Å². The Bertz CT molecular complexity index is 1220. The summed E-state index contributed by atoms with van der Waals surface area (Å²) in [6.45, 7) is 4.23. The largest absolute Gasteiger partial charge is 0.340 e. The molecule has 1 amide bonds. The predicted octanol–water partition coefficient (Wildman–Crippen LogP) is 3.80. The number of amides is 1. The maximum atomic E-state index is 14.6. The number of carbonyl (C=O) groups excluding carboxylic acids is 1. The van der Waals surface area contributed by atoms with Crippen LogP contribution in [0.2, 0.25) is 0 Å². The Labute approximate surface area is 194 Å². The van der Waals surface area contributed by atoms with Gasteiger partial charge in [-0.25, -0.2) is 9.37 Å². The average Bonchev–Trinajstić information content (AvgIpc) is 3.18. The van der Waals surface area contributed by atoms with Crippen LogP contribution >= 0.6 is 0 Å². The minimum absolute atomic E-state index is 0.0529. The Balaban J connectivity index is 1.77. The number of aromatic nitrogens is 2. The summed E-state index contributed by atoms with van der Waals surface area (Å²) in [4.78, 5) is 18.8. The normalized spacial score (nSPS) is 11.7. The second kappa shape index (κ2) is 10.3. The standard InChI is InChI=1S/C24H28FN3O4S/c1-17(2)28(24(29)23-15-27(3)16-26-23)14-19-7-10-22(25)21(13-19)20-8-5-18(6-9-20)11-12-32-33(4,30)31/h5-10,13,15-17H,11-12,14H2,1-4H3. The maximum Gasteiger partial charge on any atom is 0.274 e. The predicted molar refractivity (Wildman–Crippen MR) is 125 cm³/mol. The SMILES string of the molecule is CC(C)N(Cc1ccc(F)c(-c2ccc(CCOS(C)(=O)=O)cc2)c1)C(=O)c1cn(C)cn1. The zero-order valence-corrected chi connectivity index (χ0v) is 20.0. The van der Waals surface area contributed by atoms with E-state index < -0.39 is 10.1 Å². The molecule has 0 aliphatic rings. The van der Waals surface area contributed by atoms with Crippen LogP contribution in [0.25, 0.3) is 11.1 Å². The van der Waals surface area contributed by atoms with E-state index in [2.05, 4.69) is 4.98 Å². The van der Waals surface area contributed by atoms with Crippen molar-refractivity contribution in [3.05, 3.63) is 77.6 Å². The highest BCUT2D eigenvalue weighted by Gasteiger charge is 2.21. The summed E-state index contributed by atoms with van der Waals surface area (Å²) in [5, 5.41) is 0. The lowest BCUT2D eigenvalue weighted by atomic mass is 10.00. The van der Waals surface area contributed by atoms with Crippen LogP contribution in [0.5, 0.6) is 0 Å². The molecule has 1 heterocycles. The molecule has 0 radical (unpaired) electrons. The Morgan fingerprint density at radius 2 is 1.82 bits per heavy atom. The molecule has 0 fully saturated rings. The molecule has 1 aromatic heterocycles. The summed E-state index contributed by atoms with van der Waals surface area (Å²) in [6, 6.07) is 12.0. The van der Waals surface area contributed by atoms with Crippen molar-refractivity contribution in [2.75, 3.05) is 12.9 Å². The fraction of sp³-hybridized carbons (Fsp3) is 0.333. The third-order valence-corrected chi connectivity index (χ3v) is 5.74. The molecule has 0 aliphatic carbocycles. The van der Waals surface area contributed by atoms with Crippen LogP contribution in [-0.4, -0.2) is 47.7 Å². The van der Waals surface area contributed by atoms with Gasteiger partial charge in [0.05, 0.1) is 19.2 Å². The zero-order chi connectivity index (χ0) is 24.2. The van der Waals surface area contributed by atoms with E-state index in [1.165, 1.54) is 6.07 Å². The third kappa shape index (κ3) is 6.72. The molecule has 0 atom stereocenters. The molecule has 0 N–H and O–H groups in total. The summed E-state index contributed by atoms with van der Waals surface area (Å²) >= 11 is 0. The second-order valence-corrected chi connectivity index (χ2v) is 9.88. The molecular weight excluding hydrogens is 445 g/mol. The van der Waals surface area contributed by atoms with Crippen LogP contribution < -0.4 is 0 Å². The molecule has 176 valence electrons. The number of carbonyl (C=O) groups is 1. The van der Waals surface area contributed by atoms with Crippen LogP contribution in [0.1, 0.15) is 35.5 Å². The van der Waals surface area contributed by atoms with E-state index in [1.807, 2.05) is 26.0 Å². The van der Waals surface area contributed by atoms with Gasteiger partial charge in [-0.3, -0.25) is 8.98 Å². The van der Waals surface area contributed by atoms with Crippen molar-refractivity contribution in [3.8, 4) is 11.1 Å². The molecule has 2 aromatic carbocycles. The quantitative estimate of drug-likeness (QED) is 0.442. The van der Waals surface area contributed by atoms with Gasteiger partial charge in [-0.2, -0.15) is 8.42 Å². The van der Waals surface area contributed by atoms with Crippen molar-refractivity contribution in [1.29, 1.82) is 0 Å². The summed E-state index contributed by atoms with van der Waals surface area (Å²) in [7, 11) is -1.67. The van der Waals surface area contributed by atoms with E-state index in [4.69, 9.17) is 4.18 Å². The molecule has 0 bridgehead atoms. The molecule has 0 aliphatic heterocycles. The number of halogens is 1. The molecule has 3 aromatic rings. The number of hydrogen-bond acceptors (Lipinski definition) is 5. The van der Waals surface area contributed by atoms with Gasteiger partial charge in [0.25, 0.3) is 16.0 Å². The van der Waals surface area contributed by atoms with Crippen LogP contribution in [0, 0.1) is 5.82 Å². The highest BCUT2D eigenvalue weighted by Crippen LogP contribution is 2.26. The molecule has 0 saturated carbocycles. The molecule has 9 heteroatoms. The molecule has 0 unspecified atom stereocenters. The van der Waals surface area contributed by atoms with Gasteiger partial charge in [0.2, 0.25) is 0 Å². The van der Waals surface area contributed by atoms with Crippen LogP contribution in [0.4, 0.5) is 4.39 Å². The van der Waals surface area contributed by atoms with Gasteiger partial charge in [-0.15, -0.1) is 0 Å². The first-order valence-electron chi connectivity index (χ1n) is 10.5. The minimum atomic E-state index is -3.48. The van der Waals surface area contributed by atoms with Gasteiger partial charge in [-0.1, -0.05) is 30.3 Å². The summed E-state index contributed by atoms with van der Waals surface area (Å²) in [5.74, 6) is -0.545. The zero-order valence-electron chi connectivity index (χ0n) is 19.2. The Hall–Kier alpha value is -3.04. The number of imidazole rings is 1. The van der Waals surface area contributed by atoms with Gasteiger partial charge >= 0.3 is 0 Å². The van der Waals surface area contributed by atoms with E-state index >= 15 is 0 Å². The van der Waals surface area contributed by atoms with Crippen LogP contribution in [0.15, 0.2) is 55.0 Å². The van der Waals surface area contributed by atoms with E-state index in [1.54, 1.807) is 53.3 Å². The van der Waals surface area contributed by atoms with Gasteiger partial charge < -0.3 is 9.47 Å². The number of aryl methyl sites for hydroxylation is 1. The van der Waals surface area contributed by atoms with E-state index in [-0.39, 0.29) is 24.4 Å². The van der Waals surface area contributed by atoms with E-state index in [9.17, 15) is 17.6 Å². The Morgan fingerprint density at radius 1 is 1.15 bits per heavy atom. The molecule has 0 spiro atoms. The Kier molecular flexibility index (Phi) is 7.65. The summed E-state index contributed by atoms with van der Waals surface area (Å²) in [6.07, 6.45) is 4.69. The fourth-order valence-electron chi connectivity index (χ4n) is 3.41. The van der Waals surface area contributed by atoms with Crippen molar-refractivity contribution in [3.63, 3.8) is 0 Å². The molecular formula is C24H28FN3O4S. The topological polar surface area (TPSA) is 81.5 Å². The maximum absolute atomic E-state index is 14.6. The molecule has 7 nitrogen and oxygen atoms in total. The van der Waals surface area contributed by atoms with E-state index in [0.717, 1.165) is 17.4 Å². The number of rotatable bonds is 9. The smallest absolute Gasteiger partial charge is 0.274 e. The van der Waals surface area contributed by atoms with Gasteiger partial charge in [-0.05, 0) is 49.1 Å². The second-order valence-electron chi connectivity index (χ2n) is 8.24. The highest BCUT2D eigenvalue weighted by atomic mass is 32.2. The minimum Gasteiger partial charge on any atom is -0.340 e. The van der Waals surface area contributed by atoms with Crippen molar-refractivity contribution < 1.29 is 21.8 Å². The first kappa shape index (κ1) is 24.6. The van der Waals surface area contributed by atoms with Crippen molar-refractivity contribution >= 4 is 16.0 Å². The van der Waals surface area contributed by atoms with Gasteiger partial charge in [0, 0.05) is 31.4 Å². The fourth-order valence-corrected chi connectivity index (χ4v) is 3.80. The van der Waals surface area contributed by atoms with Crippen molar-refractivity contribution in [2.24, 2.45) is 7.05 Å². The van der Waals surface area contributed by atoms with Gasteiger partial charge in [0.1, 0.15) is 11.5 Å². The first-order valence-corrected chi connectivity index (χ1v) is 12.4. The van der Waals surface area contributed by atoms with Crippen molar-refractivity contribution in [1.82, 2.24) is 14.5 Å². The lowest BCUT2D eigenvalue weighted by molar-refractivity contribution is 0.0684. The lowest BCUT2D eigenvalue weighted by Gasteiger charge is -2.26. The molecule has 0 saturated heterocycles. The number of hydrogen-bond donors (Lipinski definition) is 0. The monoisotopic (exact) mass is 473 g/mol. The number of benzene rings is 2. The van der Waals surface area contributed by atoms with E-state index in [0.29, 0.717) is 29.8 Å². The van der Waals surface area contributed by atoms with Crippen LogP contribution in [-0.2, 0) is 34.3 Å². The summed E-state index contributed by atoms with van der Waals surface area (Å²) < 4.78 is 43.3. The summed E-state index contributed by atoms with van der Waals surface area (Å²) in [5.41, 5.74) is 3.17. The highest BCUT2D eigenvalue weighted by molar-refractivity contribution is 7.85. The third-order valence-electron chi connectivity index (χ3n) is 5.14. The average molecular weight is 474 g/mol. The van der Waals surface area contributed by atoms with Gasteiger partial charge in [0.15, 0.2) is 0 Å². The molecule has 3 rings (SSSR count). The lowest BCUT2D eigenvalue weighted by Crippen LogP contribution is -2.36. The van der Waals surface area contributed by atoms with Crippen molar-refractivity contribution in [2.45, 2.75) is 32.9 Å². The molecule has 33 heavy (non-hydrogen) atoms. The number of nitrogens with zero attached hydrogens (tertiary/aromatic N) is 3. The first-order chi connectivity index (χ1) is 15.5. The Morgan fingerprint density at radius 3 is 2.39 bits per heavy atom.